The molecule has 2 nitrogen and oxygen atoms in total. The summed E-state index contributed by atoms with van der Waals surface area (Å²) in [6.07, 6.45) is 3.05. The van der Waals surface area contributed by atoms with E-state index in [2.05, 4.69) is 6.42 Å². The maximum atomic E-state index is 11.3. The Labute approximate surface area is 62.2 Å². The lowest BCUT2D eigenvalue weighted by atomic mass is 10.3. The van der Waals surface area contributed by atoms with Crippen LogP contribution in [-0.4, -0.2) is 23.9 Å². The first-order valence-electron chi connectivity index (χ1n) is 3.91. The summed E-state index contributed by atoms with van der Waals surface area (Å²) in [7, 11) is 0. The fraction of sp³-hybridized carbons (Fsp3) is 0.750. The van der Waals surface area contributed by atoms with Gasteiger partial charge in [0, 0.05) is 19.0 Å². The van der Waals surface area contributed by atoms with Crippen LogP contribution in [0.25, 0.3) is 0 Å². The summed E-state index contributed by atoms with van der Waals surface area (Å²) < 4.78 is 0. The molecule has 1 atom stereocenters. The summed E-state index contributed by atoms with van der Waals surface area (Å²) in [4.78, 5) is 13.1. The van der Waals surface area contributed by atoms with Crippen LogP contribution in [0, 0.1) is 12.3 Å². The highest BCUT2D eigenvalue weighted by Crippen LogP contribution is 2.29. The van der Waals surface area contributed by atoms with E-state index >= 15 is 0 Å². The largest absolute Gasteiger partial charge is 0.343 e. The molecule has 10 heavy (non-hydrogen) atoms. The first-order chi connectivity index (χ1) is 4.79. The molecule has 0 saturated heterocycles. The van der Waals surface area contributed by atoms with Crippen molar-refractivity contribution in [3.05, 3.63) is 6.42 Å². The first-order valence-corrected chi connectivity index (χ1v) is 3.91. The third-order valence-electron chi connectivity index (χ3n) is 1.86. The number of hydrogen-bond donors (Lipinski definition) is 0. The second-order valence-corrected chi connectivity index (χ2v) is 2.59. The van der Waals surface area contributed by atoms with Crippen molar-refractivity contribution in [3.63, 3.8) is 0 Å². The summed E-state index contributed by atoms with van der Waals surface area (Å²) >= 11 is 0. The minimum atomic E-state index is 0.264. The minimum absolute atomic E-state index is 0.264. The Bertz CT molecular complexity index is 125. The molecule has 0 N–H and O–H groups in total. The minimum Gasteiger partial charge on any atom is -0.343 e. The molecule has 0 aromatic rings. The molecule has 1 aliphatic carbocycles. The molecule has 0 bridgehead atoms. The zero-order valence-electron chi connectivity index (χ0n) is 6.63. The van der Waals surface area contributed by atoms with Gasteiger partial charge in [-0.05, 0) is 26.7 Å². The standard InChI is InChI=1S/C8H14NO/c1-3-9(4-2)8(10)7-5-6-7/h5,7H,3-4,6H2,1-2H3. The van der Waals surface area contributed by atoms with Crippen LogP contribution in [0.3, 0.4) is 0 Å². The summed E-state index contributed by atoms with van der Waals surface area (Å²) in [5, 5.41) is 0. The van der Waals surface area contributed by atoms with Crippen molar-refractivity contribution < 1.29 is 4.79 Å². The Kier molecular flexibility index (Phi) is 2.30. The summed E-state index contributed by atoms with van der Waals surface area (Å²) in [5.74, 6) is 0.574. The molecule has 1 amide bonds. The monoisotopic (exact) mass is 140 g/mol. The highest BCUT2D eigenvalue weighted by molar-refractivity contribution is 5.83. The van der Waals surface area contributed by atoms with Gasteiger partial charge in [-0.25, -0.2) is 0 Å². The van der Waals surface area contributed by atoms with Gasteiger partial charge in [0.2, 0.25) is 5.91 Å². The molecule has 0 aliphatic heterocycles. The highest BCUT2D eigenvalue weighted by Gasteiger charge is 2.32. The average molecular weight is 140 g/mol. The van der Waals surface area contributed by atoms with Crippen LogP contribution in [0.15, 0.2) is 0 Å². The summed E-state index contributed by atoms with van der Waals surface area (Å²) in [5.41, 5.74) is 0. The van der Waals surface area contributed by atoms with Gasteiger partial charge < -0.3 is 4.90 Å². The van der Waals surface area contributed by atoms with Crippen LogP contribution < -0.4 is 0 Å². The third kappa shape index (κ3) is 1.49. The predicted octanol–water partition coefficient (Wildman–Crippen LogP) is 1.08. The Morgan fingerprint density at radius 1 is 1.60 bits per heavy atom. The molecule has 1 fully saturated rings. The van der Waals surface area contributed by atoms with Crippen molar-refractivity contribution in [1.29, 1.82) is 0 Å². The lowest BCUT2D eigenvalue weighted by molar-refractivity contribution is -0.131. The smallest absolute Gasteiger partial charge is 0.225 e. The summed E-state index contributed by atoms with van der Waals surface area (Å²) in [6, 6.07) is 0. The zero-order chi connectivity index (χ0) is 7.56. The molecular weight excluding hydrogens is 126 g/mol. The van der Waals surface area contributed by atoms with Gasteiger partial charge in [-0.3, -0.25) is 4.79 Å². The maximum Gasteiger partial charge on any atom is 0.225 e. The van der Waals surface area contributed by atoms with Gasteiger partial charge in [0.15, 0.2) is 0 Å². The van der Waals surface area contributed by atoms with E-state index in [9.17, 15) is 4.79 Å². The molecule has 57 valence electrons. The maximum absolute atomic E-state index is 11.3. The zero-order valence-corrected chi connectivity index (χ0v) is 6.63. The summed E-state index contributed by atoms with van der Waals surface area (Å²) in [6.45, 7) is 5.73. The van der Waals surface area contributed by atoms with Crippen molar-refractivity contribution in [1.82, 2.24) is 4.90 Å². The Morgan fingerprint density at radius 3 is 2.40 bits per heavy atom. The van der Waals surface area contributed by atoms with Gasteiger partial charge in [-0.15, -0.1) is 0 Å². The fourth-order valence-electron chi connectivity index (χ4n) is 1.04. The van der Waals surface area contributed by atoms with E-state index in [0.717, 1.165) is 19.5 Å². The quantitative estimate of drug-likeness (QED) is 0.574. The Morgan fingerprint density at radius 2 is 2.10 bits per heavy atom. The van der Waals surface area contributed by atoms with Crippen LogP contribution in [0.1, 0.15) is 20.3 Å². The number of carbonyl (C=O) groups is 1. The van der Waals surface area contributed by atoms with E-state index in [4.69, 9.17) is 0 Å². The van der Waals surface area contributed by atoms with Gasteiger partial charge in [0.1, 0.15) is 0 Å². The average Bonchev–Trinajstić information content (AvgIpc) is 2.71. The molecule has 1 unspecified atom stereocenters. The van der Waals surface area contributed by atoms with E-state index in [1.165, 1.54) is 0 Å². The van der Waals surface area contributed by atoms with Crippen molar-refractivity contribution >= 4 is 5.91 Å². The predicted molar refractivity (Wildman–Crippen MR) is 40.3 cm³/mol. The molecule has 1 radical (unpaired) electrons. The third-order valence-corrected chi connectivity index (χ3v) is 1.86. The normalized spacial score (nSPS) is 17.0. The lowest BCUT2D eigenvalue weighted by Crippen LogP contribution is -2.31. The highest BCUT2D eigenvalue weighted by atomic mass is 16.2. The Balaban J connectivity index is 2.35. The molecule has 1 saturated carbocycles. The van der Waals surface area contributed by atoms with Crippen LogP contribution in [0.4, 0.5) is 0 Å². The van der Waals surface area contributed by atoms with Crippen LogP contribution in [-0.2, 0) is 4.79 Å². The second kappa shape index (κ2) is 3.04. The molecule has 0 aromatic carbocycles. The van der Waals surface area contributed by atoms with Crippen LogP contribution in [0.5, 0.6) is 0 Å². The van der Waals surface area contributed by atoms with Gasteiger partial charge >= 0.3 is 0 Å². The van der Waals surface area contributed by atoms with E-state index in [1.54, 1.807) is 0 Å². The Hall–Kier alpha value is -0.530. The number of rotatable bonds is 3. The topological polar surface area (TPSA) is 20.3 Å². The van der Waals surface area contributed by atoms with Gasteiger partial charge in [-0.2, -0.15) is 0 Å². The van der Waals surface area contributed by atoms with Crippen LogP contribution >= 0.6 is 0 Å². The van der Waals surface area contributed by atoms with E-state index in [1.807, 2.05) is 18.7 Å². The molecule has 0 aromatic heterocycles. The van der Waals surface area contributed by atoms with Crippen LogP contribution in [0.2, 0.25) is 0 Å². The van der Waals surface area contributed by atoms with E-state index in [-0.39, 0.29) is 5.92 Å². The molecular formula is C8H14NO. The van der Waals surface area contributed by atoms with Crippen molar-refractivity contribution in [2.75, 3.05) is 13.1 Å². The van der Waals surface area contributed by atoms with E-state index < -0.39 is 0 Å². The first kappa shape index (κ1) is 7.58. The molecule has 2 heteroatoms. The van der Waals surface area contributed by atoms with E-state index in [0.29, 0.717) is 5.91 Å². The van der Waals surface area contributed by atoms with Gasteiger partial charge in [-0.1, -0.05) is 0 Å². The molecule has 0 heterocycles. The number of carbonyl (C=O) groups excluding carboxylic acids is 1. The number of nitrogens with zero attached hydrogens (tertiary/aromatic N) is 1. The molecule has 0 spiro atoms. The SMILES string of the molecule is CCN(CC)C(=O)C1[CH]C1. The van der Waals surface area contributed by atoms with Crippen molar-refractivity contribution in [2.24, 2.45) is 5.92 Å². The van der Waals surface area contributed by atoms with Crippen molar-refractivity contribution in [2.45, 2.75) is 20.3 Å². The van der Waals surface area contributed by atoms with Crippen molar-refractivity contribution in [3.8, 4) is 0 Å². The number of hydrogen-bond acceptors (Lipinski definition) is 1. The second-order valence-electron chi connectivity index (χ2n) is 2.59. The van der Waals surface area contributed by atoms with Gasteiger partial charge in [0.25, 0.3) is 0 Å². The van der Waals surface area contributed by atoms with Gasteiger partial charge in [0.05, 0.1) is 0 Å². The molecule has 1 rings (SSSR count). The molecule has 1 aliphatic rings. The fourth-order valence-corrected chi connectivity index (χ4v) is 1.04. The number of amides is 1. The lowest BCUT2D eigenvalue weighted by Gasteiger charge is -2.17.